The number of anilines is 2. The molecule has 5 N–H and O–H groups in total. The Morgan fingerprint density at radius 3 is 2.56 bits per heavy atom. The fourth-order valence-corrected chi connectivity index (χ4v) is 4.31. The molecule has 0 aliphatic carbocycles. The van der Waals surface area contributed by atoms with Gasteiger partial charge < -0.3 is 10.8 Å². The number of hydrogen-bond acceptors (Lipinski definition) is 5. The summed E-state index contributed by atoms with van der Waals surface area (Å²) >= 11 is 12.5. The summed E-state index contributed by atoms with van der Waals surface area (Å²) in [5, 5.41) is 22.4. The van der Waals surface area contributed by atoms with Gasteiger partial charge in [0.25, 0.3) is 0 Å². The number of rotatable bonds is 9. The molecule has 34 heavy (non-hydrogen) atoms. The van der Waals surface area contributed by atoms with E-state index < -0.39 is 0 Å². The highest BCUT2D eigenvalue weighted by Gasteiger charge is 2.20. The smallest absolute Gasteiger partial charge is 0.131 e. The summed E-state index contributed by atoms with van der Waals surface area (Å²) in [5.41, 5.74) is 14.2. The highest BCUT2D eigenvalue weighted by molar-refractivity contribution is 7.28. The third-order valence-corrected chi connectivity index (χ3v) is 6.70. The number of hydrazine groups is 1. The van der Waals surface area contributed by atoms with Crippen LogP contribution in [0.25, 0.3) is 5.57 Å². The third kappa shape index (κ3) is 6.21. The lowest BCUT2D eigenvalue weighted by molar-refractivity contribution is 0.274. The van der Waals surface area contributed by atoms with Crippen molar-refractivity contribution in [2.24, 2.45) is 16.6 Å². The molecule has 0 saturated carbocycles. The van der Waals surface area contributed by atoms with Gasteiger partial charge in [-0.1, -0.05) is 67.4 Å². The third-order valence-electron chi connectivity index (χ3n) is 5.42. The fourth-order valence-electron chi connectivity index (χ4n) is 3.41. The van der Waals surface area contributed by atoms with E-state index in [9.17, 15) is 10.3 Å². The number of nitrogens with two attached hydrogens (primary N) is 1. The predicted octanol–water partition coefficient (Wildman–Crippen LogP) is 6.09. The molecule has 182 valence electrons. The number of aliphatic hydroxyl groups is 1. The molecule has 0 radical (unpaired) electrons. The average Bonchev–Trinajstić information content (AvgIpc) is 2.79. The molecule has 0 aliphatic rings. The molecule has 9 heteroatoms. The number of allylic oxidation sites excluding steroid dienone is 2. The molecule has 1 atom stereocenters. The topological polar surface area (TPSA) is 94.1 Å². The van der Waals surface area contributed by atoms with E-state index in [1.807, 2.05) is 38.1 Å². The van der Waals surface area contributed by atoms with Crippen molar-refractivity contribution in [2.75, 3.05) is 10.6 Å². The Kier molecular flexibility index (Phi) is 10.2. The van der Waals surface area contributed by atoms with Crippen LogP contribution in [0.2, 0.25) is 10.0 Å². The average molecular weight is 521 g/mol. The number of aliphatic imine (C=N–C) groups is 1. The zero-order chi connectivity index (χ0) is 25.6. The van der Waals surface area contributed by atoms with Crippen LogP contribution in [0.4, 0.5) is 11.4 Å². The van der Waals surface area contributed by atoms with E-state index in [0.29, 0.717) is 22.1 Å². The highest BCUT2D eigenvalue weighted by Crippen LogP contribution is 2.34. The van der Waals surface area contributed by atoms with Crippen LogP contribution in [0.3, 0.4) is 0 Å². The van der Waals surface area contributed by atoms with Gasteiger partial charge in [-0.15, -0.1) is 9.24 Å². The molecular formula is C25H31Cl2N4O2P. The van der Waals surface area contributed by atoms with Crippen LogP contribution in [-0.4, -0.2) is 16.1 Å². The van der Waals surface area contributed by atoms with Crippen molar-refractivity contribution in [3.63, 3.8) is 0 Å². The highest BCUT2D eigenvalue weighted by atomic mass is 35.5. The first-order valence-electron chi connectivity index (χ1n) is 10.6. The van der Waals surface area contributed by atoms with Crippen molar-refractivity contribution in [1.82, 2.24) is 0 Å². The van der Waals surface area contributed by atoms with Crippen LogP contribution in [-0.2, 0) is 6.61 Å². The Morgan fingerprint density at radius 2 is 2.00 bits per heavy atom. The standard InChI is InChI=1S/C25H31Cl2N4O2P/c1-6-18(22(15(5)14(3)4)25(28)29-7-2)19-9-8-10-20(24(19)34)30-31(33)21-12-17(26)11-16(13-32)23(21)27/h6-12,14,30,32-33H,2,13,34H2,1,3-5H3,(H2,28,29)/b18-6-,22-15+. The van der Waals surface area contributed by atoms with E-state index in [2.05, 4.69) is 40.1 Å². The van der Waals surface area contributed by atoms with Crippen molar-refractivity contribution in [3.05, 3.63) is 81.5 Å². The molecule has 0 fully saturated rings. The predicted molar refractivity (Wildman–Crippen MR) is 149 cm³/mol. The van der Waals surface area contributed by atoms with Crippen LogP contribution in [0.5, 0.6) is 0 Å². The Labute approximate surface area is 213 Å². The van der Waals surface area contributed by atoms with E-state index in [-0.39, 0.29) is 23.2 Å². The van der Waals surface area contributed by atoms with E-state index in [1.165, 1.54) is 12.3 Å². The molecule has 0 saturated heterocycles. The van der Waals surface area contributed by atoms with Gasteiger partial charge in [0.2, 0.25) is 0 Å². The Hall–Kier alpha value is -2.34. The summed E-state index contributed by atoms with van der Waals surface area (Å²) in [6, 6.07) is 8.69. The van der Waals surface area contributed by atoms with Crippen LogP contribution in [0.1, 0.15) is 38.8 Å². The minimum Gasteiger partial charge on any atom is -0.392 e. The summed E-state index contributed by atoms with van der Waals surface area (Å²) in [4.78, 5) is 4.24. The molecule has 1 unspecified atom stereocenters. The minimum atomic E-state index is -0.312. The lowest BCUT2D eigenvalue weighted by atomic mass is 9.88. The summed E-state index contributed by atoms with van der Waals surface area (Å²) in [5.74, 6) is 0.625. The van der Waals surface area contributed by atoms with Gasteiger partial charge in [-0.3, -0.25) is 10.6 Å². The van der Waals surface area contributed by atoms with Crippen molar-refractivity contribution in [1.29, 1.82) is 0 Å². The zero-order valence-corrected chi connectivity index (χ0v) is 22.4. The number of nitrogens with zero attached hydrogens (tertiary/aromatic N) is 2. The number of benzene rings is 2. The van der Waals surface area contributed by atoms with Crippen LogP contribution >= 0.6 is 32.4 Å². The quantitative estimate of drug-likeness (QED) is 0.105. The molecule has 0 bridgehead atoms. The van der Waals surface area contributed by atoms with Gasteiger partial charge in [-0.05, 0) is 54.7 Å². The van der Waals surface area contributed by atoms with Crippen LogP contribution in [0.15, 0.2) is 65.3 Å². The second-order valence-electron chi connectivity index (χ2n) is 7.86. The maximum atomic E-state index is 10.8. The van der Waals surface area contributed by atoms with Gasteiger partial charge in [0.15, 0.2) is 0 Å². The molecule has 0 aromatic heterocycles. The Balaban J connectivity index is 2.57. The second-order valence-corrected chi connectivity index (χ2v) is 9.25. The maximum Gasteiger partial charge on any atom is 0.131 e. The molecule has 0 heterocycles. The first-order valence-corrected chi connectivity index (χ1v) is 12.0. The Bertz CT molecular complexity index is 1160. The second kappa shape index (κ2) is 12.4. The SMILES string of the molecule is C=CN=C(N)C(/C(=C\C)c1cccc(NN(O)c2cc(Cl)cc(CO)c2Cl)c1P)=C(\C)C(C)C. The lowest BCUT2D eigenvalue weighted by Crippen LogP contribution is -2.29. The van der Waals surface area contributed by atoms with Gasteiger partial charge in [0.05, 0.1) is 17.3 Å². The van der Waals surface area contributed by atoms with Crippen molar-refractivity contribution in [3.8, 4) is 0 Å². The van der Waals surface area contributed by atoms with Gasteiger partial charge in [-0.2, -0.15) is 5.17 Å². The van der Waals surface area contributed by atoms with Crippen molar-refractivity contribution in [2.45, 2.75) is 34.3 Å². The molecule has 0 amide bonds. The molecule has 0 spiro atoms. The number of halogens is 2. The van der Waals surface area contributed by atoms with E-state index in [0.717, 1.165) is 32.8 Å². The molecule has 0 aliphatic heterocycles. The molecule has 2 aromatic carbocycles. The maximum absolute atomic E-state index is 10.8. The molecule has 2 aromatic rings. The number of hydrogen-bond donors (Lipinski definition) is 4. The van der Waals surface area contributed by atoms with Crippen LogP contribution < -0.4 is 21.6 Å². The summed E-state index contributed by atoms with van der Waals surface area (Å²) in [6.45, 7) is 11.5. The first-order chi connectivity index (χ1) is 16.1. The van der Waals surface area contributed by atoms with Crippen molar-refractivity contribution >= 4 is 60.5 Å². The number of aliphatic hydroxyl groups excluding tert-OH is 1. The van der Waals surface area contributed by atoms with Gasteiger partial charge >= 0.3 is 0 Å². The first kappa shape index (κ1) is 27.9. The van der Waals surface area contributed by atoms with Crippen molar-refractivity contribution < 1.29 is 10.3 Å². The summed E-state index contributed by atoms with van der Waals surface area (Å²) in [7, 11) is 2.71. The van der Waals surface area contributed by atoms with E-state index >= 15 is 0 Å². The fraction of sp³-hybridized carbons (Fsp3) is 0.240. The summed E-state index contributed by atoms with van der Waals surface area (Å²) < 4.78 is 0. The normalized spacial score (nSPS) is 13.1. The number of nitrogens with one attached hydrogen (secondary N) is 1. The molecular weight excluding hydrogens is 490 g/mol. The minimum absolute atomic E-state index is 0.184. The van der Waals surface area contributed by atoms with Gasteiger partial charge in [0.1, 0.15) is 11.5 Å². The lowest BCUT2D eigenvalue weighted by Gasteiger charge is -2.24. The van der Waals surface area contributed by atoms with Gasteiger partial charge in [0, 0.05) is 22.1 Å². The number of amidine groups is 1. The van der Waals surface area contributed by atoms with Crippen LogP contribution in [0, 0.1) is 5.92 Å². The Morgan fingerprint density at radius 1 is 1.32 bits per heavy atom. The van der Waals surface area contributed by atoms with Gasteiger partial charge in [-0.25, -0.2) is 4.99 Å². The zero-order valence-electron chi connectivity index (χ0n) is 19.7. The molecule has 2 rings (SSSR count). The molecule has 6 nitrogen and oxygen atoms in total. The van der Waals surface area contributed by atoms with E-state index in [1.54, 1.807) is 6.07 Å². The largest absolute Gasteiger partial charge is 0.392 e. The monoisotopic (exact) mass is 520 g/mol. The summed E-state index contributed by atoms with van der Waals surface area (Å²) in [6.07, 6.45) is 3.41. The van der Waals surface area contributed by atoms with E-state index in [4.69, 9.17) is 28.9 Å².